The molecule has 2 rings (SSSR count). The second-order valence-electron chi connectivity index (χ2n) is 5.18. The molecule has 4 heteroatoms. The Labute approximate surface area is 113 Å². The van der Waals surface area contributed by atoms with E-state index >= 15 is 0 Å². The van der Waals surface area contributed by atoms with Crippen molar-refractivity contribution in [2.24, 2.45) is 11.7 Å². The maximum absolute atomic E-state index is 13.5. The van der Waals surface area contributed by atoms with Crippen LogP contribution in [0.3, 0.4) is 0 Å². The van der Waals surface area contributed by atoms with Crippen LogP contribution in [-0.2, 0) is 11.2 Å². The van der Waals surface area contributed by atoms with Gasteiger partial charge in [-0.15, -0.1) is 0 Å². The predicted octanol–water partition coefficient (Wildman–Crippen LogP) is 1.96. The Morgan fingerprint density at radius 1 is 1.42 bits per heavy atom. The normalized spacial score (nSPS) is 19.5. The van der Waals surface area contributed by atoms with Gasteiger partial charge >= 0.3 is 0 Å². The third-order valence-corrected chi connectivity index (χ3v) is 3.83. The molecule has 19 heavy (non-hydrogen) atoms. The van der Waals surface area contributed by atoms with Gasteiger partial charge in [-0.1, -0.05) is 18.2 Å². The van der Waals surface area contributed by atoms with E-state index in [-0.39, 0.29) is 18.3 Å². The number of hydrogen-bond donors (Lipinski definition) is 1. The molecule has 3 nitrogen and oxygen atoms in total. The second kappa shape index (κ2) is 6.66. The summed E-state index contributed by atoms with van der Waals surface area (Å²) in [6, 6.07) is 6.91. The molecule has 2 N–H and O–H groups in total. The Bertz CT molecular complexity index is 436. The lowest BCUT2D eigenvalue weighted by atomic mass is 9.91. The molecule has 0 spiro atoms. The van der Waals surface area contributed by atoms with Gasteiger partial charge in [-0.3, -0.25) is 4.79 Å². The minimum absolute atomic E-state index is 0.0237. The lowest BCUT2D eigenvalue weighted by Gasteiger charge is -2.32. The molecule has 0 aliphatic carbocycles. The predicted molar refractivity (Wildman–Crippen MR) is 73.1 cm³/mol. The Balaban J connectivity index is 1.86. The molecule has 1 heterocycles. The highest BCUT2D eigenvalue weighted by Crippen LogP contribution is 2.22. The van der Waals surface area contributed by atoms with Crippen LogP contribution in [0, 0.1) is 11.7 Å². The van der Waals surface area contributed by atoms with Crippen molar-refractivity contribution in [1.82, 2.24) is 4.90 Å². The first-order chi connectivity index (χ1) is 9.20. The lowest BCUT2D eigenvalue weighted by Crippen LogP contribution is -2.43. The second-order valence-corrected chi connectivity index (χ2v) is 5.18. The average Bonchev–Trinajstić information content (AvgIpc) is 2.46. The first kappa shape index (κ1) is 14.0. The van der Waals surface area contributed by atoms with Gasteiger partial charge in [0.25, 0.3) is 0 Å². The number of carbonyl (C=O) groups is 1. The van der Waals surface area contributed by atoms with Crippen molar-refractivity contribution in [2.45, 2.75) is 25.7 Å². The number of amides is 1. The molecule has 0 radical (unpaired) electrons. The standard InChI is InChI=1S/C15H21FN2O/c16-14-6-2-1-5-13(14)8-7-12-4-3-9-18(11-12)15(19)10-17/h1-2,5-6,12H,3-4,7-11,17H2. The number of carbonyl (C=O) groups excluding carboxylic acids is 1. The van der Waals surface area contributed by atoms with Crippen molar-refractivity contribution in [1.29, 1.82) is 0 Å². The van der Waals surface area contributed by atoms with Crippen LogP contribution < -0.4 is 5.73 Å². The molecule has 1 aliphatic rings. The fourth-order valence-corrected chi connectivity index (χ4v) is 2.72. The van der Waals surface area contributed by atoms with E-state index in [1.54, 1.807) is 6.07 Å². The molecule has 1 saturated heterocycles. The zero-order chi connectivity index (χ0) is 13.7. The summed E-state index contributed by atoms with van der Waals surface area (Å²) >= 11 is 0. The maximum Gasteiger partial charge on any atom is 0.236 e. The van der Waals surface area contributed by atoms with Crippen LogP contribution in [-0.4, -0.2) is 30.4 Å². The highest BCUT2D eigenvalue weighted by Gasteiger charge is 2.22. The molecule has 0 aromatic heterocycles. The molecule has 1 amide bonds. The largest absolute Gasteiger partial charge is 0.341 e. The molecule has 1 atom stereocenters. The smallest absolute Gasteiger partial charge is 0.236 e. The Morgan fingerprint density at radius 3 is 2.95 bits per heavy atom. The quantitative estimate of drug-likeness (QED) is 0.903. The number of nitrogens with two attached hydrogens (primary N) is 1. The van der Waals surface area contributed by atoms with Gasteiger partial charge in [-0.05, 0) is 43.2 Å². The molecule has 1 aromatic carbocycles. The fraction of sp³-hybridized carbons (Fsp3) is 0.533. The summed E-state index contributed by atoms with van der Waals surface area (Å²) < 4.78 is 13.5. The highest BCUT2D eigenvalue weighted by molar-refractivity contribution is 5.78. The number of benzene rings is 1. The summed E-state index contributed by atoms with van der Waals surface area (Å²) in [6.45, 7) is 1.66. The number of rotatable bonds is 4. The van der Waals surface area contributed by atoms with Gasteiger partial charge in [0.2, 0.25) is 5.91 Å². The van der Waals surface area contributed by atoms with E-state index in [0.717, 1.165) is 44.3 Å². The van der Waals surface area contributed by atoms with E-state index in [0.29, 0.717) is 5.92 Å². The lowest BCUT2D eigenvalue weighted by molar-refractivity contribution is -0.131. The molecule has 1 aliphatic heterocycles. The average molecular weight is 264 g/mol. The van der Waals surface area contributed by atoms with Gasteiger partial charge < -0.3 is 10.6 Å². The van der Waals surface area contributed by atoms with E-state index in [1.165, 1.54) is 6.07 Å². The molecule has 104 valence electrons. The van der Waals surface area contributed by atoms with Crippen molar-refractivity contribution >= 4 is 5.91 Å². The van der Waals surface area contributed by atoms with Gasteiger partial charge in [-0.2, -0.15) is 0 Å². The van der Waals surface area contributed by atoms with Gasteiger partial charge in [-0.25, -0.2) is 4.39 Å². The Kier molecular flexibility index (Phi) is 4.91. The van der Waals surface area contributed by atoms with Gasteiger partial charge in [0, 0.05) is 13.1 Å². The van der Waals surface area contributed by atoms with Crippen LogP contribution >= 0.6 is 0 Å². The SMILES string of the molecule is NCC(=O)N1CCCC(CCc2ccccc2F)C1. The van der Waals surface area contributed by atoms with Gasteiger partial charge in [0.1, 0.15) is 5.82 Å². The molecule has 0 saturated carbocycles. The zero-order valence-electron chi connectivity index (χ0n) is 11.1. The van der Waals surface area contributed by atoms with Crippen LogP contribution in [0.2, 0.25) is 0 Å². The summed E-state index contributed by atoms with van der Waals surface area (Å²) in [7, 11) is 0. The maximum atomic E-state index is 13.5. The molecule has 1 aromatic rings. The van der Waals surface area contributed by atoms with E-state index < -0.39 is 0 Å². The van der Waals surface area contributed by atoms with Crippen molar-refractivity contribution in [3.8, 4) is 0 Å². The van der Waals surface area contributed by atoms with Crippen LogP contribution in [0.5, 0.6) is 0 Å². The zero-order valence-corrected chi connectivity index (χ0v) is 11.1. The van der Waals surface area contributed by atoms with Crippen molar-refractivity contribution in [2.75, 3.05) is 19.6 Å². The Morgan fingerprint density at radius 2 is 2.21 bits per heavy atom. The van der Waals surface area contributed by atoms with Crippen molar-refractivity contribution in [3.63, 3.8) is 0 Å². The number of likely N-dealkylation sites (tertiary alicyclic amines) is 1. The monoisotopic (exact) mass is 264 g/mol. The van der Waals surface area contributed by atoms with E-state index in [9.17, 15) is 9.18 Å². The molecule has 1 unspecified atom stereocenters. The fourth-order valence-electron chi connectivity index (χ4n) is 2.72. The third kappa shape index (κ3) is 3.77. The minimum atomic E-state index is -0.131. The number of aryl methyl sites for hydroxylation is 1. The highest BCUT2D eigenvalue weighted by atomic mass is 19.1. The van der Waals surface area contributed by atoms with Gasteiger partial charge in [0.15, 0.2) is 0 Å². The number of nitrogens with zero attached hydrogens (tertiary/aromatic N) is 1. The van der Waals surface area contributed by atoms with Crippen molar-refractivity contribution in [3.05, 3.63) is 35.6 Å². The number of halogens is 1. The van der Waals surface area contributed by atoms with E-state index in [2.05, 4.69) is 0 Å². The van der Waals surface area contributed by atoms with Crippen LogP contribution in [0.4, 0.5) is 4.39 Å². The van der Waals surface area contributed by atoms with Crippen LogP contribution in [0.15, 0.2) is 24.3 Å². The molecular weight excluding hydrogens is 243 g/mol. The van der Waals surface area contributed by atoms with E-state index in [4.69, 9.17) is 5.73 Å². The van der Waals surface area contributed by atoms with Crippen LogP contribution in [0.1, 0.15) is 24.8 Å². The van der Waals surface area contributed by atoms with E-state index in [1.807, 2.05) is 17.0 Å². The summed E-state index contributed by atoms with van der Waals surface area (Å²) in [5.41, 5.74) is 6.16. The minimum Gasteiger partial charge on any atom is -0.341 e. The summed E-state index contributed by atoms with van der Waals surface area (Å²) in [6.07, 6.45) is 3.80. The topological polar surface area (TPSA) is 46.3 Å². The first-order valence-corrected chi connectivity index (χ1v) is 6.92. The first-order valence-electron chi connectivity index (χ1n) is 6.92. The van der Waals surface area contributed by atoms with Crippen molar-refractivity contribution < 1.29 is 9.18 Å². The summed E-state index contributed by atoms with van der Waals surface area (Å²) in [5, 5.41) is 0. The van der Waals surface area contributed by atoms with Crippen LogP contribution in [0.25, 0.3) is 0 Å². The molecule has 0 bridgehead atoms. The Hall–Kier alpha value is -1.42. The molecular formula is C15H21FN2O. The number of piperidine rings is 1. The summed E-state index contributed by atoms with van der Waals surface area (Å²) in [4.78, 5) is 13.4. The molecule has 1 fully saturated rings. The third-order valence-electron chi connectivity index (χ3n) is 3.83. The number of hydrogen-bond acceptors (Lipinski definition) is 2. The summed E-state index contributed by atoms with van der Waals surface area (Å²) in [5.74, 6) is 0.354. The van der Waals surface area contributed by atoms with Gasteiger partial charge in [0.05, 0.1) is 6.54 Å².